The average molecular weight is 252 g/mol. The van der Waals surface area contributed by atoms with Crippen LogP contribution in [0, 0.1) is 0 Å². The van der Waals surface area contributed by atoms with E-state index in [1.807, 2.05) is 12.1 Å². The van der Waals surface area contributed by atoms with Crippen molar-refractivity contribution in [1.29, 1.82) is 0 Å². The molecule has 0 aliphatic heterocycles. The lowest BCUT2D eigenvalue weighted by Gasteiger charge is -2.14. The SMILES string of the molecule is CC1=CC(c2ccccc2-c2nn[nH]n2)C(C)=C1C. The summed E-state index contributed by atoms with van der Waals surface area (Å²) < 4.78 is 0. The minimum absolute atomic E-state index is 0.315. The van der Waals surface area contributed by atoms with E-state index >= 15 is 0 Å². The first kappa shape index (κ1) is 11.8. The number of aromatic nitrogens is 4. The summed E-state index contributed by atoms with van der Waals surface area (Å²) in [6, 6.07) is 8.25. The molecule has 1 unspecified atom stereocenters. The molecule has 0 amide bonds. The zero-order chi connectivity index (χ0) is 13.4. The Balaban J connectivity index is 2.13. The number of benzene rings is 1. The lowest BCUT2D eigenvalue weighted by Crippen LogP contribution is -1.98. The predicted octanol–water partition coefficient (Wildman–Crippen LogP) is 3.25. The molecule has 0 bridgehead atoms. The second-order valence-electron chi connectivity index (χ2n) is 4.96. The summed E-state index contributed by atoms with van der Waals surface area (Å²) in [6.45, 7) is 6.54. The van der Waals surface area contributed by atoms with Crippen molar-refractivity contribution in [2.75, 3.05) is 0 Å². The van der Waals surface area contributed by atoms with Crippen molar-refractivity contribution in [3.8, 4) is 11.4 Å². The van der Waals surface area contributed by atoms with Crippen molar-refractivity contribution in [2.24, 2.45) is 0 Å². The number of allylic oxidation sites excluding steroid dienone is 4. The summed E-state index contributed by atoms with van der Waals surface area (Å²) in [5.74, 6) is 0.966. The minimum atomic E-state index is 0.315. The summed E-state index contributed by atoms with van der Waals surface area (Å²) in [4.78, 5) is 0. The number of hydrogen-bond acceptors (Lipinski definition) is 3. The highest BCUT2D eigenvalue weighted by atomic mass is 15.5. The van der Waals surface area contributed by atoms with Gasteiger partial charge in [0.2, 0.25) is 5.82 Å². The molecule has 0 saturated carbocycles. The van der Waals surface area contributed by atoms with E-state index in [1.165, 1.54) is 22.3 Å². The molecule has 4 nitrogen and oxygen atoms in total. The van der Waals surface area contributed by atoms with Crippen LogP contribution in [0.15, 0.2) is 47.1 Å². The van der Waals surface area contributed by atoms with Gasteiger partial charge in [-0.1, -0.05) is 41.5 Å². The molecular formula is C15H16N4. The maximum Gasteiger partial charge on any atom is 0.204 e. The van der Waals surface area contributed by atoms with Crippen molar-refractivity contribution in [2.45, 2.75) is 26.7 Å². The van der Waals surface area contributed by atoms with Crippen LogP contribution in [0.5, 0.6) is 0 Å². The topological polar surface area (TPSA) is 54.5 Å². The zero-order valence-electron chi connectivity index (χ0n) is 11.3. The number of tetrazole rings is 1. The molecule has 1 aromatic heterocycles. The second-order valence-corrected chi connectivity index (χ2v) is 4.96. The maximum absolute atomic E-state index is 4.10. The van der Waals surface area contributed by atoms with Gasteiger partial charge in [0, 0.05) is 11.5 Å². The largest absolute Gasteiger partial charge is 0.204 e. The van der Waals surface area contributed by atoms with Crippen molar-refractivity contribution in [1.82, 2.24) is 20.6 Å². The molecule has 1 N–H and O–H groups in total. The van der Waals surface area contributed by atoms with Gasteiger partial charge in [0.15, 0.2) is 0 Å². The first-order chi connectivity index (χ1) is 9.18. The highest BCUT2D eigenvalue weighted by molar-refractivity contribution is 5.64. The van der Waals surface area contributed by atoms with E-state index in [-0.39, 0.29) is 0 Å². The Labute approximate surface area is 112 Å². The highest BCUT2D eigenvalue weighted by Gasteiger charge is 2.23. The van der Waals surface area contributed by atoms with Gasteiger partial charge in [0.1, 0.15) is 0 Å². The van der Waals surface area contributed by atoms with Gasteiger partial charge in [0.25, 0.3) is 0 Å². The van der Waals surface area contributed by atoms with Gasteiger partial charge in [0.05, 0.1) is 0 Å². The Morgan fingerprint density at radius 2 is 1.89 bits per heavy atom. The number of hydrogen-bond donors (Lipinski definition) is 1. The molecule has 1 aromatic carbocycles. The van der Waals surface area contributed by atoms with Crippen LogP contribution in [0.3, 0.4) is 0 Å². The first-order valence-electron chi connectivity index (χ1n) is 6.37. The fourth-order valence-electron chi connectivity index (χ4n) is 2.62. The zero-order valence-corrected chi connectivity index (χ0v) is 11.3. The normalized spacial score (nSPS) is 18.9. The fraction of sp³-hybridized carbons (Fsp3) is 0.267. The van der Waals surface area contributed by atoms with Crippen LogP contribution in [0.25, 0.3) is 11.4 Å². The van der Waals surface area contributed by atoms with Crippen LogP contribution in [0.2, 0.25) is 0 Å². The summed E-state index contributed by atoms with van der Waals surface area (Å²) >= 11 is 0. The van der Waals surface area contributed by atoms with Crippen molar-refractivity contribution >= 4 is 0 Å². The van der Waals surface area contributed by atoms with Crippen LogP contribution in [0.1, 0.15) is 32.3 Å². The summed E-state index contributed by atoms with van der Waals surface area (Å²) in [5.41, 5.74) is 6.41. The van der Waals surface area contributed by atoms with Crippen LogP contribution in [0.4, 0.5) is 0 Å². The number of rotatable bonds is 2. The van der Waals surface area contributed by atoms with Crippen LogP contribution >= 0.6 is 0 Å². The van der Waals surface area contributed by atoms with E-state index in [0.29, 0.717) is 11.7 Å². The molecule has 19 heavy (non-hydrogen) atoms. The molecule has 1 aliphatic rings. The standard InChI is InChI=1S/C15H16N4/c1-9-8-14(11(3)10(9)2)12-6-4-5-7-13(12)15-16-18-19-17-15/h4-8,14H,1-3H3,(H,16,17,18,19). The van der Waals surface area contributed by atoms with E-state index < -0.39 is 0 Å². The third kappa shape index (κ3) is 1.89. The lowest BCUT2D eigenvalue weighted by atomic mass is 9.90. The Bertz CT molecular complexity index is 665. The maximum atomic E-state index is 4.10. The molecule has 1 atom stereocenters. The third-order valence-electron chi connectivity index (χ3n) is 3.95. The molecular weight excluding hydrogens is 236 g/mol. The average Bonchev–Trinajstić information content (AvgIpc) is 3.04. The molecule has 0 spiro atoms. The second kappa shape index (κ2) is 4.46. The number of H-pyrrole nitrogens is 1. The molecule has 2 aromatic rings. The number of aromatic amines is 1. The van der Waals surface area contributed by atoms with Gasteiger partial charge in [-0.2, -0.15) is 5.21 Å². The van der Waals surface area contributed by atoms with Crippen LogP contribution in [-0.2, 0) is 0 Å². The van der Waals surface area contributed by atoms with E-state index in [4.69, 9.17) is 0 Å². The van der Waals surface area contributed by atoms with Crippen molar-refractivity contribution < 1.29 is 0 Å². The first-order valence-corrected chi connectivity index (χ1v) is 6.37. The van der Waals surface area contributed by atoms with Gasteiger partial charge < -0.3 is 0 Å². The quantitative estimate of drug-likeness (QED) is 0.892. The van der Waals surface area contributed by atoms with Gasteiger partial charge in [-0.05, 0) is 37.1 Å². The Kier molecular flexibility index (Phi) is 2.78. The number of nitrogens with zero attached hydrogens (tertiary/aromatic N) is 3. The van der Waals surface area contributed by atoms with E-state index in [1.54, 1.807) is 0 Å². The molecule has 0 saturated heterocycles. The van der Waals surface area contributed by atoms with E-state index in [2.05, 4.69) is 59.6 Å². The van der Waals surface area contributed by atoms with E-state index in [9.17, 15) is 0 Å². The monoisotopic (exact) mass is 252 g/mol. The minimum Gasteiger partial charge on any atom is -0.177 e. The van der Waals surface area contributed by atoms with Crippen molar-refractivity contribution in [3.63, 3.8) is 0 Å². The molecule has 96 valence electrons. The Hall–Kier alpha value is -2.23. The Morgan fingerprint density at radius 3 is 2.53 bits per heavy atom. The van der Waals surface area contributed by atoms with Gasteiger partial charge in [-0.15, -0.1) is 10.2 Å². The molecule has 4 heteroatoms. The predicted molar refractivity (Wildman–Crippen MR) is 74.5 cm³/mol. The lowest BCUT2D eigenvalue weighted by molar-refractivity contribution is 0.881. The molecule has 0 fully saturated rings. The summed E-state index contributed by atoms with van der Waals surface area (Å²) in [7, 11) is 0. The van der Waals surface area contributed by atoms with Gasteiger partial charge >= 0.3 is 0 Å². The van der Waals surface area contributed by atoms with Gasteiger partial charge in [-0.25, -0.2) is 0 Å². The summed E-state index contributed by atoms with van der Waals surface area (Å²) in [6.07, 6.45) is 2.31. The molecule has 1 heterocycles. The fourth-order valence-corrected chi connectivity index (χ4v) is 2.62. The Morgan fingerprint density at radius 1 is 1.11 bits per heavy atom. The van der Waals surface area contributed by atoms with Gasteiger partial charge in [-0.3, -0.25) is 0 Å². The van der Waals surface area contributed by atoms with E-state index in [0.717, 1.165) is 5.56 Å². The smallest absolute Gasteiger partial charge is 0.177 e. The molecule has 3 rings (SSSR count). The highest BCUT2D eigenvalue weighted by Crippen LogP contribution is 2.40. The van der Waals surface area contributed by atoms with Crippen molar-refractivity contribution in [3.05, 3.63) is 52.6 Å². The van der Waals surface area contributed by atoms with Crippen LogP contribution < -0.4 is 0 Å². The third-order valence-corrected chi connectivity index (χ3v) is 3.95. The molecule has 0 radical (unpaired) electrons. The molecule has 1 aliphatic carbocycles. The van der Waals surface area contributed by atoms with Crippen LogP contribution in [-0.4, -0.2) is 20.6 Å². The number of nitrogens with one attached hydrogen (secondary N) is 1. The summed E-state index contributed by atoms with van der Waals surface area (Å²) in [5, 5.41) is 14.4.